The Morgan fingerprint density at radius 3 is 2.57 bits per heavy atom. The second-order valence-corrected chi connectivity index (χ2v) is 7.04. The lowest BCUT2D eigenvalue weighted by atomic mass is 9.79. The number of nitrogens with zero attached hydrogens (tertiary/aromatic N) is 1. The van der Waals surface area contributed by atoms with E-state index in [1.807, 2.05) is 45.9 Å². The van der Waals surface area contributed by atoms with Crippen molar-refractivity contribution >= 4 is 5.97 Å². The van der Waals surface area contributed by atoms with Gasteiger partial charge in [0.2, 0.25) is 0 Å². The van der Waals surface area contributed by atoms with Gasteiger partial charge in [0, 0.05) is 17.9 Å². The number of carbonyl (C=O) groups excluding carboxylic acids is 1. The van der Waals surface area contributed by atoms with Gasteiger partial charge in [-0.15, -0.1) is 0 Å². The zero-order chi connectivity index (χ0) is 17.2. The van der Waals surface area contributed by atoms with Crippen LogP contribution in [-0.2, 0) is 9.53 Å². The van der Waals surface area contributed by atoms with Crippen molar-refractivity contribution in [2.24, 2.45) is 0 Å². The van der Waals surface area contributed by atoms with Gasteiger partial charge in [0.15, 0.2) is 0 Å². The van der Waals surface area contributed by atoms with Crippen molar-refractivity contribution in [1.29, 1.82) is 5.26 Å². The van der Waals surface area contributed by atoms with Crippen LogP contribution in [0.15, 0.2) is 29.3 Å². The fourth-order valence-electron chi connectivity index (χ4n) is 3.57. The van der Waals surface area contributed by atoms with Gasteiger partial charge in [0.05, 0.1) is 11.6 Å². The molecule has 0 saturated heterocycles. The summed E-state index contributed by atoms with van der Waals surface area (Å²) in [6.07, 6.45) is 2.65. The molecule has 0 aromatic heterocycles. The van der Waals surface area contributed by atoms with Crippen molar-refractivity contribution < 1.29 is 9.53 Å². The van der Waals surface area contributed by atoms with Crippen LogP contribution in [0.2, 0.25) is 0 Å². The Bertz CT molecular complexity index is 692. The molecule has 0 fully saturated rings. The number of benzene rings is 1. The van der Waals surface area contributed by atoms with E-state index in [4.69, 9.17) is 10.00 Å². The lowest BCUT2D eigenvalue weighted by molar-refractivity contribution is -0.153. The van der Waals surface area contributed by atoms with Crippen molar-refractivity contribution in [1.82, 2.24) is 0 Å². The van der Waals surface area contributed by atoms with Crippen LogP contribution in [0.3, 0.4) is 0 Å². The highest BCUT2D eigenvalue weighted by Crippen LogP contribution is 2.40. The highest BCUT2D eigenvalue weighted by atomic mass is 16.6. The van der Waals surface area contributed by atoms with Crippen LogP contribution in [0.25, 0.3) is 0 Å². The molecule has 0 saturated carbocycles. The third kappa shape index (κ3) is 3.64. The molecule has 0 radical (unpaired) electrons. The smallest absolute Gasteiger partial charge is 0.335 e. The summed E-state index contributed by atoms with van der Waals surface area (Å²) in [5.41, 5.74) is 4.32. The minimum absolute atomic E-state index is 0.0383. The van der Waals surface area contributed by atoms with Crippen LogP contribution in [0, 0.1) is 18.3 Å². The summed E-state index contributed by atoms with van der Waals surface area (Å²) in [6, 6.07) is 7.88. The minimum atomic E-state index is -0.429. The molecule has 0 N–H and O–H groups in total. The zero-order valence-electron chi connectivity index (χ0n) is 14.7. The van der Waals surface area contributed by atoms with E-state index in [9.17, 15) is 4.79 Å². The minimum Gasteiger partial charge on any atom is -0.456 e. The van der Waals surface area contributed by atoms with Crippen molar-refractivity contribution in [3.05, 3.63) is 46.0 Å². The normalized spacial score (nSPS) is 18.3. The summed E-state index contributed by atoms with van der Waals surface area (Å²) < 4.78 is 5.64. The largest absolute Gasteiger partial charge is 0.456 e. The topological polar surface area (TPSA) is 50.1 Å². The van der Waals surface area contributed by atoms with E-state index in [1.165, 1.54) is 0 Å². The fourth-order valence-corrected chi connectivity index (χ4v) is 3.57. The second-order valence-electron chi connectivity index (χ2n) is 7.04. The highest BCUT2D eigenvalue weighted by Gasteiger charge is 2.36. The first-order valence-electron chi connectivity index (χ1n) is 8.22. The van der Waals surface area contributed by atoms with E-state index in [0.717, 1.165) is 41.5 Å². The predicted octanol–water partition coefficient (Wildman–Crippen LogP) is 4.79. The Hall–Kier alpha value is -2.08. The Morgan fingerprint density at radius 2 is 2.04 bits per heavy atom. The van der Waals surface area contributed by atoms with Gasteiger partial charge in [-0.1, -0.05) is 25.0 Å². The molecule has 0 aliphatic carbocycles. The van der Waals surface area contributed by atoms with E-state index in [-0.39, 0.29) is 11.9 Å². The standard InChI is InChI=1S/C20H25NO2/c1-6-7-17(16-9-8-15(12-21)10-13(16)2)18-14(3)11-20(4,5)23-19(18)22/h8-10,17H,6-7,11H2,1-5H3. The first-order valence-corrected chi connectivity index (χ1v) is 8.22. The molecule has 1 aliphatic rings. The summed E-state index contributed by atoms with van der Waals surface area (Å²) in [6.45, 7) is 10.1. The molecule has 3 nitrogen and oxygen atoms in total. The van der Waals surface area contributed by atoms with Crippen LogP contribution in [0.4, 0.5) is 0 Å². The van der Waals surface area contributed by atoms with Crippen LogP contribution in [0.1, 0.15) is 69.6 Å². The molecule has 1 aromatic carbocycles. The van der Waals surface area contributed by atoms with Crippen LogP contribution < -0.4 is 0 Å². The fraction of sp³-hybridized carbons (Fsp3) is 0.500. The van der Waals surface area contributed by atoms with E-state index in [2.05, 4.69) is 13.0 Å². The molecule has 0 bridgehead atoms. The number of esters is 1. The van der Waals surface area contributed by atoms with Gasteiger partial charge in [-0.2, -0.15) is 5.26 Å². The van der Waals surface area contributed by atoms with Crippen molar-refractivity contribution in [2.75, 3.05) is 0 Å². The van der Waals surface area contributed by atoms with Crippen molar-refractivity contribution in [2.45, 2.75) is 65.4 Å². The average molecular weight is 311 g/mol. The number of rotatable bonds is 4. The second kappa shape index (κ2) is 6.58. The molecule has 0 amide bonds. The van der Waals surface area contributed by atoms with Gasteiger partial charge in [0.1, 0.15) is 5.60 Å². The lowest BCUT2D eigenvalue weighted by Gasteiger charge is -2.35. The molecule has 1 unspecified atom stereocenters. The number of aryl methyl sites for hydroxylation is 1. The molecule has 122 valence electrons. The number of nitriles is 1. The molecule has 1 atom stereocenters. The Morgan fingerprint density at radius 1 is 1.35 bits per heavy atom. The number of hydrogen-bond acceptors (Lipinski definition) is 3. The molecule has 2 rings (SSSR count). The molecule has 23 heavy (non-hydrogen) atoms. The summed E-state index contributed by atoms with van der Waals surface area (Å²) in [7, 11) is 0. The molecule has 1 aliphatic heterocycles. The van der Waals surface area contributed by atoms with Crippen molar-refractivity contribution in [3.8, 4) is 6.07 Å². The van der Waals surface area contributed by atoms with Crippen LogP contribution in [-0.4, -0.2) is 11.6 Å². The molecule has 3 heteroatoms. The summed E-state index contributed by atoms with van der Waals surface area (Å²) in [5, 5.41) is 9.05. The van der Waals surface area contributed by atoms with Crippen molar-refractivity contribution in [3.63, 3.8) is 0 Å². The maximum atomic E-state index is 12.6. The van der Waals surface area contributed by atoms with Crippen LogP contribution >= 0.6 is 0 Å². The zero-order valence-corrected chi connectivity index (χ0v) is 14.7. The monoisotopic (exact) mass is 311 g/mol. The van der Waals surface area contributed by atoms with Gasteiger partial charge < -0.3 is 4.74 Å². The predicted molar refractivity (Wildman–Crippen MR) is 91.0 cm³/mol. The average Bonchev–Trinajstić information content (AvgIpc) is 2.44. The number of cyclic esters (lactones) is 1. The Kier molecular flexibility index (Phi) is 4.94. The first kappa shape index (κ1) is 17.3. The third-order valence-corrected chi connectivity index (χ3v) is 4.44. The van der Waals surface area contributed by atoms with Crippen LogP contribution in [0.5, 0.6) is 0 Å². The van der Waals surface area contributed by atoms with Gasteiger partial charge in [-0.3, -0.25) is 0 Å². The SMILES string of the molecule is CCCC(C1=C(C)CC(C)(C)OC1=O)c1ccc(C#N)cc1C. The third-order valence-electron chi connectivity index (χ3n) is 4.44. The summed E-state index contributed by atoms with van der Waals surface area (Å²) in [4.78, 5) is 12.6. The van der Waals surface area contributed by atoms with Gasteiger partial charge in [0.25, 0.3) is 0 Å². The molecule has 1 aromatic rings. The number of carbonyl (C=O) groups is 1. The maximum Gasteiger partial charge on any atom is 0.335 e. The molecule has 1 heterocycles. The quantitative estimate of drug-likeness (QED) is 0.751. The van der Waals surface area contributed by atoms with E-state index < -0.39 is 5.60 Å². The molecular formula is C20H25NO2. The summed E-state index contributed by atoms with van der Waals surface area (Å²) >= 11 is 0. The molecular weight excluding hydrogens is 286 g/mol. The number of hydrogen-bond donors (Lipinski definition) is 0. The Labute approximate surface area is 139 Å². The van der Waals surface area contributed by atoms with Gasteiger partial charge in [-0.25, -0.2) is 4.79 Å². The van der Waals surface area contributed by atoms with Gasteiger partial charge >= 0.3 is 5.97 Å². The molecule has 0 spiro atoms. The Balaban J connectivity index is 2.51. The van der Waals surface area contributed by atoms with E-state index in [1.54, 1.807) is 0 Å². The first-order chi connectivity index (χ1) is 10.8. The van der Waals surface area contributed by atoms with Gasteiger partial charge in [-0.05, 0) is 57.4 Å². The lowest BCUT2D eigenvalue weighted by Crippen LogP contribution is -2.35. The summed E-state index contributed by atoms with van der Waals surface area (Å²) in [5.74, 6) is -0.155. The maximum absolute atomic E-state index is 12.6. The van der Waals surface area contributed by atoms with E-state index in [0.29, 0.717) is 5.56 Å². The van der Waals surface area contributed by atoms with E-state index >= 15 is 0 Å². The highest BCUT2D eigenvalue weighted by molar-refractivity contribution is 5.92. The number of ether oxygens (including phenoxy) is 1.